The molecule has 0 radical (unpaired) electrons. The molecule has 3 aromatic rings. The summed E-state index contributed by atoms with van der Waals surface area (Å²) in [5, 5.41) is 9.84. The number of aryl methyl sites for hydroxylation is 1. The van der Waals surface area contributed by atoms with E-state index in [9.17, 15) is 0 Å². The van der Waals surface area contributed by atoms with Crippen LogP contribution >= 0.6 is 11.3 Å². The monoisotopic (exact) mass is 243 g/mol. The molecule has 0 aromatic carbocycles. The zero-order valence-corrected chi connectivity index (χ0v) is 9.94. The van der Waals surface area contributed by atoms with E-state index in [1.165, 1.54) is 4.88 Å². The van der Waals surface area contributed by atoms with Crippen LogP contribution in [0.25, 0.3) is 21.9 Å². The van der Waals surface area contributed by atoms with E-state index in [2.05, 4.69) is 21.2 Å². The molecule has 3 heterocycles. The molecule has 3 aromatic heterocycles. The van der Waals surface area contributed by atoms with Gasteiger partial charge in [0.25, 0.3) is 0 Å². The molecule has 0 N–H and O–H groups in total. The lowest BCUT2D eigenvalue weighted by Crippen LogP contribution is -1.82. The van der Waals surface area contributed by atoms with Gasteiger partial charge in [0.2, 0.25) is 11.8 Å². The lowest BCUT2D eigenvalue weighted by molar-refractivity contribution is 0.532. The summed E-state index contributed by atoms with van der Waals surface area (Å²) < 4.78 is 5.38. The molecule has 17 heavy (non-hydrogen) atoms. The number of rotatable bonds is 2. The Morgan fingerprint density at radius 2 is 2.06 bits per heavy atom. The van der Waals surface area contributed by atoms with Crippen molar-refractivity contribution in [1.82, 2.24) is 15.2 Å². The van der Waals surface area contributed by atoms with Crippen molar-refractivity contribution in [3.8, 4) is 21.9 Å². The molecule has 0 spiro atoms. The van der Waals surface area contributed by atoms with Gasteiger partial charge in [0.1, 0.15) is 0 Å². The first-order valence-corrected chi connectivity index (χ1v) is 6.00. The molecule has 0 bridgehead atoms. The SMILES string of the molecule is Cc1nnc(-c2cncc(-c3cccs3)c2)o1. The van der Waals surface area contributed by atoms with E-state index in [1.54, 1.807) is 24.5 Å². The summed E-state index contributed by atoms with van der Waals surface area (Å²) in [4.78, 5) is 5.38. The number of nitrogens with zero attached hydrogens (tertiary/aromatic N) is 3. The van der Waals surface area contributed by atoms with Crippen molar-refractivity contribution in [3.05, 3.63) is 41.9 Å². The van der Waals surface area contributed by atoms with Gasteiger partial charge in [-0.05, 0) is 17.5 Å². The molecule has 5 heteroatoms. The Kier molecular flexibility index (Phi) is 2.45. The molecule has 0 saturated carbocycles. The minimum absolute atomic E-state index is 0.508. The van der Waals surface area contributed by atoms with Crippen LogP contribution in [0, 0.1) is 6.92 Å². The number of hydrogen-bond donors (Lipinski definition) is 0. The minimum atomic E-state index is 0.508. The Hall–Kier alpha value is -2.01. The maximum absolute atomic E-state index is 5.38. The van der Waals surface area contributed by atoms with Crippen molar-refractivity contribution >= 4 is 11.3 Å². The first kappa shape index (κ1) is 10.2. The van der Waals surface area contributed by atoms with Crippen LogP contribution in [-0.2, 0) is 0 Å². The Labute approximate surface area is 102 Å². The Morgan fingerprint density at radius 1 is 1.18 bits per heavy atom. The fourth-order valence-electron chi connectivity index (χ4n) is 1.55. The zero-order chi connectivity index (χ0) is 11.7. The summed E-state index contributed by atoms with van der Waals surface area (Å²) in [6, 6.07) is 6.08. The van der Waals surface area contributed by atoms with Gasteiger partial charge in [0, 0.05) is 29.8 Å². The molecule has 0 atom stereocenters. The third kappa shape index (κ3) is 1.97. The van der Waals surface area contributed by atoms with E-state index in [0.29, 0.717) is 11.8 Å². The Balaban J connectivity index is 2.05. The second-order valence-corrected chi connectivity index (χ2v) is 4.51. The lowest BCUT2D eigenvalue weighted by atomic mass is 10.2. The summed E-state index contributed by atoms with van der Waals surface area (Å²) in [5.74, 6) is 1.06. The Morgan fingerprint density at radius 3 is 2.76 bits per heavy atom. The van der Waals surface area contributed by atoms with Crippen LogP contribution in [0.4, 0.5) is 0 Å². The number of aromatic nitrogens is 3. The van der Waals surface area contributed by atoms with Gasteiger partial charge in [-0.1, -0.05) is 6.07 Å². The maximum atomic E-state index is 5.38. The average molecular weight is 243 g/mol. The van der Waals surface area contributed by atoms with Gasteiger partial charge in [-0.3, -0.25) is 4.98 Å². The van der Waals surface area contributed by atoms with Crippen molar-refractivity contribution in [2.24, 2.45) is 0 Å². The predicted molar refractivity (Wildman–Crippen MR) is 65.6 cm³/mol. The van der Waals surface area contributed by atoms with Crippen LogP contribution < -0.4 is 0 Å². The standard InChI is InChI=1S/C12H9N3OS/c1-8-14-15-12(16-8)10-5-9(6-13-7-10)11-3-2-4-17-11/h2-7H,1H3. The van der Waals surface area contributed by atoms with Crippen molar-refractivity contribution in [3.63, 3.8) is 0 Å². The molecular weight excluding hydrogens is 234 g/mol. The molecule has 4 nitrogen and oxygen atoms in total. The molecule has 0 aliphatic rings. The number of pyridine rings is 1. The maximum Gasteiger partial charge on any atom is 0.249 e. The van der Waals surface area contributed by atoms with Gasteiger partial charge >= 0.3 is 0 Å². The summed E-state index contributed by atoms with van der Waals surface area (Å²) in [7, 11) is 0. The molecular formula is C12H9N3OS. The minimum Gasteiger partial charge on any atom is -0.421 e. The normalized spacial score (nSPS) is 10.6. The summed E-state index contributed by atoms with van der Waals surface area (Å²) >= 11 is 1.68. The molecule has 0 fully saturated rings. The summed E-state index contributed by atoms with van der Waals surface area (Å²) in [6.45, 7) is 1.77. The highest BCUT2D eigenvalue weighted by molar-refractivity contribution is 7.13. The molecule has 0 aliphatic carbocycles. The third-order valence-corrected chi connectivity index (χ3v) is 3.24. The van der Waals surface area contributed by atoms with E-state index in [1.807, 2.05) is 23.7 Å². The van der Waals surface area contributed by atoms with E-state index < -0.39 is 0 Å². The molecule has 3 rings (SSSR count). The van der Waals surface area contributed by atoms with Crippen molar-refractivity contribution in [2.45, 2.75) is 6.92 Å². The van der Waals surface area contributed by atoms with E-state index in [4.69, 9.17) is 4.42 Å². The van der Waals surface area contributed by atoms with Gasteiger partial charge in [-0.15, -0.1) is 21.5 Å². The van der Waals surface area contributed by atoms with Gasteiger partial charge in [0.05, 0.1) is 5.56 Å². The summed E-state index contributed by atoms with van der Waals surface area (Å²) in [5.41, 5.74) is 1.91. The summed E-state index contributed by atoms with van der Waals surface area (Å²) in [6.07, 6.45) is 3.56. The molecule has 84 valence electrons. The average Bonchev–Trinajstić information content (AvgIpc) is 3.00. The first-order chi connectivity index (χ1) is 8.33. The van der Waals surface area contributed by atoms with Crippen LogP contribution in [0.1, 0.15) is 5.89 Å². The third-order valence-electron chi connectivity index (χ3n) is 2.32. The quantitative estimate of drug-likeness (QED) is 0.693. The molecule has 0 unspecified atom stereocenters. The van der Waals surface area contributed by atoms with Crippen LogP contribution in [0.5, 0.6) is 0 Å². The predicted octanol–water partition coefficient (Wildman–Crippen LogP) is 3.17. The second kappa shape index (κ2) is 4.10. The van der Waals surface area contributed by atoms with E-state index >= 15 is 0 Å². The zero-order valence-electron chi connectivity index (χ0n) is 9.12. The second-order valence-electron chi connectivity index (χ2n) is 3.57. The number of thiophene rings is 1. The highest BCUT2D eigenvalue weighted by Gasteiger charge is 2.08. The molecule has 0 aliphatic heterocycles. The molecule has 0 amide bonds. The van der Waals surface area contributed by atoms with Gasteiger partial charge < -0.3 is 4.42 Å². The van der Waals surface area contributed by atoms with E-state index in [-0.39, 0.29) is 0 Å². The largest absolute Gasteiger partial charge is 0.421 e. The number of hydrogen-bond acceptors (Lipinski definition) is 5. The van der Waals surface area contributed by atoms with Crippen LogP contribution in [-0.4, -0.2) is 15.2 Å². The smallest absolute Gasteiger partial charge is 0.249 e. The van der Waals surface area contributed by atoms with E-state index in [0.717, 1.165) is 11.1 Å². The van der Waals surface area contributed by atoms with Crippen molar-refractivity contribution < 1.29 is 4.42 Å². The topological polar surface area (TPSA) is 51.8 Å². The van der Waals surface area contributed by atoms with Crippen LogP contribution in [0.15, 0.2) is 40.4 Å². The fraction of sp³-hybridized carbons (Fsp3) is 0.0833. The lowest BCUT2D eigenvalue weighted by Gasteiger charge is -1.98. The van der Waals surface area contributed by atoms with Gasteiger partial charge in [-0.2, -0.15) is 0 Å². The van der Waals surface area contributed by atoms with Crippen molar-refractivity contribution in [1.29, 1.82) is 0 Å². The van der Waals surface area contributed by atoms with Crippen molar-refractivity contribution in [2.75, 3.05) is 0 Å². The van der Waals surface area contributed by atoms with Crippen LogP contribution in [0.3, 0.4) is 0 Å². The van der Waals surface area contributed by atoms with Gasteiger partial charge in [0.15, 0.2) is 0 Å². The Bertz CT molecular complexity index is 631. The first-order valence-electron chi connectivity index (χ1n) is 5.12. The molecule has 0 saturated heterocycles. The highest BCUT2D eigenvalue weighted by Crippen LogP contribution is 2.27. The van der Waals surface area contributed by atoms with Crippen LogP contribution in [0.2, 0.25) is 0 Å². The highest BCUT2D eigenvalue weighted by atomic mass is 32.1. The fourth-order valence-corrected chi connectivity index (χ4v) is 2.26. The van der Waals surface area contributed by atoms with Gasteiger partial charge in [-0.25, -0.2) is 0 Å².